The Morgan fingerprint density at radius 1 is 0.537 bits per heavy atom. The second kappa shape index (κ2) is 88.7. The lowest BCUT2D eigenvalue weighted by Gasteiger charge is -2.04. The number of carbonyl (C=O) groups excluding carboxylic acids is 3. The van der Waals surface area contributed by atoms with Gasteiger partial charge in [-0.2, -0.15) is 9.59 Å². The number of ether oxygens (including phenoxy) is 4. The van der Waals surface area contributed by atoms with Crippen molar-refractivity contribution < 1.29 is 38.4 Å². The number of aliphatic hydroxyl groups is 1. The van der Waals surface area contributed by atoms with Gasteiger partial charge in [0.05, 0.1) is 6.10 Å². The lowest BCUT2D eigenvalue weighted by atomic mass is 10.1. The van der Waals surface area contributed by atoms with Gasteiger partial charge in [0.15, 0.2) is 0 Å². The Hall–Kier alpha value is -1.39. The first-order valence-corrected chi connectivity index (χ1v) is 22.1. The van der Waals surface area contributed by atoms with E-state index in [0.717, 1.165) is 65.3 Å². The number of hydrogen-bond acceptors (Lipinski definition) is 9. The van der Waals surface area contributed by atoms with Crippen molar-refractivity contribution in [2.45, 2.75) is 219 Å². The van der Waals surface area contributed by atoms with Gasteiger partial charge in [-0.15, -0.1) is 0 Å². The first-order chi connectivity index (χ1) is 26.1. The number of unbranched alkanes of at least 4 members (excludes halogenated alkanes) is 9. The van der Waals surface area contributed by atoms with Crippen LogP contribution in [0.15, 0.2) is 0 Å². The van der Waals surface area contributed by atoms with Crippen LogP contribution in [0.3, 0.4) is 0 Å². The molecule has 0 aromatic heterocycles. The van der Waals surface area contributed by atoms with Gasteiger partial charge in [0, 0.05) is 39.4 Å². The van der Waals surface area contributed by atoms with Gasteiger partial charge < -0.3 is 34.7 Å². The smallest absolute Gasteiger partial charge is 0.373 e. The fourth-order valence-electron chi connectivity index (χ4n) is 3.14. The molecule has 1 unspecified atom stereocenters. The first-order valence-electron chi connectivity index (χ1n) is 22.1. The van der Waals surface area contributed by atoms with Gasteiger partial charge >= 0.3 is 6.15 Å². The molecule has 0 aromatic rings. The minimum Gasteiger partial charge on any atom is -0.393 e. The number of aliphatic hydroxyl groups excluding tert-OH is 1. The minimum absolute atomic E-state index is 0.0449. The van der Waals surface area contributed by atoms with Gasteiger partial charge in [-0.3, -0.25) is 4.79 Å². The third-order valence-corrected chi connectivity index (χ3v) is 6.72. The number of nitrogens with one attached hydrogen (secondary N) is 2. The van der Waals surface area contributed by atoms with E-state index < -0.39 is 0 Å². The summed E-state index contributed by atoms with van der Waals surface area (Å²) in [5.74, 6) is 0.127. The number of hydrogen-bond donors (Lipinski definition) is 3. The average molecular weight is 785 g/mol. The zero-order chi connectivity index (χ0) is 43.2. The molecule has 0 fully saturated rings. The maximum Gasteiger partial charge on any atom is 0.373 e. The zero-order valence-electron chi connectivity index (χ0n) is 39.0. The third kappa shape index (κ3) is 133. The van der Waals surface area contributed by atoms with E-state index in [9.17, 15) is 4.79 Å². The van der Waals surface area contributed by atoms with E-state index in [0.29, 0.717) is 20.0 Å². The molecule has 1 amide bonds. The molecule has 0 bridgehead atoms. The standard InChI is InChI=1S/C9H20O2.C8H18O.C7H16O2.C5H11NO.C5H13N.C5H12.C4H10.CO2/c1-3-5-6-7-8-11-9-10-4-2;1-3-5-6-7-8(9)4-2;1-3-5-6-9-7-8-4-2;1-3-5(7)6-4-2;1-3-5-6-4-2;1-3-5-4-2;1-3-4-2;2-1-3/h3-9H2,1-2H3;8-9H,3-7H2,1-2H3;3-7H2,1-2H3;3-4H2,1-2H3,(H,6,7);6H,3-5H2,1-2H3;3-5H2,1-2H3;3-4H2,1-2H3;. The molecule has 3 N–H and O–H groups in total. The molecule has 0 saturated carbocycles. The van der Waals surface area contributed by atoms with Crippen LogP contribution in [0.1, 0.15) is 213 Å². The van der Waals surface area contributed by atoms with E-state index in [1.807, 2.05) is 34.6 Å². The first kappa shape index (κ1) is 70.4. The van der Waals surface area contributed by atoms with Crippen LogP contribution in [-0.2, 0) is 33.3 Å². The van der Waals surface area contributed by atoms with E-state index in [1.54, 1.807) is 0 Å². The summed E-state index contributed by atoms with van der Waals surface area (Å²) in [5.41, 5.74) is 0. The molecule has 0 rings (SSSR count). The maximum atomic E-state index is 10.3. The van der Waals surface area contributed by atoms with Gasteiger partial charge in [-0.1, -0.05) is 153 Å². The van der Waals surface area contributed by atoms with Gasteiger partial charge in [0.25, 0.3) is 0 Å². The fraction of sp³-hybridized carbons (Fsp3) is 0.955. The van der Waals surface area contributed by atoms with Crippen LogP contribution >= 0.6 is 0 Å². The predicted molar refractivity (Wildman–Crippen MR) is 233 cm³/mol. The average Bonchev–Trinajstić information content (AvgIpc) is 3.19. The second-order valence-electron chi connectivity index (χ2n) is 12.1. The second-order valence-corrected chi connectivity index (χ2v) is 12.1. The molecular formula is C44H100N2O8. The predicted octanol–water partition coefficient (Wildman–Crippen LogP) is 11.7. The van der Waals surface area contributed by atoms with Crippen LogP contribution < -0.4 is 10.6 Å². The lowest BCUT2D eigenvalue weighted by Crippen LogP contribution is -2.20. The molecule has 54 heavy (non-hydrogen) atoms. The highest BCUT2D eigenvalue weighted by molar-refractivity contribution is 5.75. The fourth-order valence-corrected chi connectivity index (χ4v) is 3.14. The molecular weight excluding hydrogens is 684 g/mol. The summed E-state index contributed by atoms with van der Waals surface area (Å²) >= 11 is 0. The molecule has 10 heteroatoms. The number of carbonyl (C=O) groups is 1. The normalized spacial score (nSPS) is 9.61. The van der Waals surface area contributed by atoms with Gasteiger partial charge in [0.1, 0.15) is 13.6 Å². The summed E-state index contributed by atoms with van der Waals surface area (Å²) in [4.78, 5) is 26.6. The Bertz CT molecular complexity index is 545. The third-order valence-electron chi connectivity index (χ3n) is 6.72. The van der Waals surface area contributed by atoms with Gasteiger partial charge in [0.2, 0.25) is 5.91 Å². The highest BCUT2D eigenvalue weighted by Crippen LogP contribution is 2.05. The molecule has 1 atom stereocenters. The monoisotopic (exact) mass is 785 g/mol. The van der Waals surface area contributed by atoms with E-state index in [2.05, 4.69) is 72.9 Å². The topological polar surface area (TPSA) is 132 Å². The molecule has 0 saturated heterocycles. The van der Waals surface area contributed by atoms with Crippen LogP contribution in [0.4, 0.5) is 0 Å². The van der Waals surface area contributed by atoms with Crippen LogP contribution in [0.2, 0.25) is 0 Å². The van der Waals surface area contributed by atoms with E-state index >= 15 is 0 Å². The van der Waals surface area contributed by atoms with Crippen molar-refractivity contribution >= 4 is 12.1 Å². The van der Waals surface area contributed by atoms with E-state index in [4.69, 9.17) is 33.6 Å². The zero-order valence-corrected chi connectivity index (χ0v) is 39.0. The summed E-state index contributed by atoms with van der Waals surface area (Å²) in [6, 6.07) is 0. The molecule has 0 aromatic carbocycles. The van der Waals surface area contributed by atoms with Crippen molar-refractivity contribution in [2.75, 3.05) is 59.6 Å². The molecule has 0 aliphatic heterocycles. The number of rotatable bonds is 27. The summed E-state index contributed by atoms with van der Waals surface area (Å²) in [6.07, 6.45) is 21.7. The van der Waals surface area contributed by atoms with Crippen LogP contribution in [0, 0.1) is 0 Å². The van der Waals surface area contributed by atoms with Crippen molar-refractivity contribution in [3.8, 4) is 0 Å². The highest BCUT2D eigenvalue weighted by Gasteiger charge is 1.97. The summed E-state index contributed by atoms with van der Waals surface area (Å²) < 4.78 is 20.3. The van der Waals surface area contributed by atoms with Gasteiger partial charge in [-0.25, -0.2) is 0 Å². The lowest BCUT2D eigenvalue weighted by molar-refractivity contribution is -0.191. The van der Waals surface area contributed by atoms with E-state index in [1.165, 1.54) is 89.9 Å². The van der Waals surface area contributed by atoms with Crippen molar-refractivity contribution in [1.82, 2.24) is 10.6 Å². The Balaban J connectivity index is -0.0000000767. The van der Waals surface area contributed by atoms with Crippen molar-refractivity contribution in [3.05, 3.63) is 0 Å². The molecule has 334 valence electrons. The molecule has 0 heterocycles. The van der Waals surface area contributed by atoms with E-state index in [-0.39, 0.29) is 18.2 Å². The van der Waals surface area contributed by atoms with Crippen molar-refractivity contribution in [1.29, 1.82) is 0 Å². The maximum absolute atomic E-state index is 10.3. The molecule has 10 nitrogen and oxygen atoms in total. The minimum atomic E-state index is -0.0449. The van der Waals surface area contributed by atoms with Crippen LogP contribution in [0.25, 0.3) is 0 Å². The van der Waals surface area contributed by atoms with Crippen molar-refractivity contribution in [3.63, 3.8) is 0 Å². The Labute approximate surface area is 338 Å². The highest BCUT2D eigenvalue weighted by atomic mass is 16.7. The van der Waals surface area contributed by atoms with Gasteiger partial charge in [-0.05, 0) is 66.0 Å². The molecule has 0 aliphatic carbocycles. The van der Waals surface area contributed by atoms with Crippen molar-refractivity contribution in [2.24, 2.45) is 0 Å². The Morgan fingerprint density at radius 3 is 1.26 bits per heavy atom. The largest absolute Gasteiger partial charge is 0.393 e. The molecule has 0 spiro atoms. The number of amides is 1. The van der Waals surface area contributed by atoms with Crippen LogP contribution in [-0.4, -0.2) is 82.9 Å². The SMILES string of the molecule is CCCC.CCCCC.CCCCCC(O)CC.CCCCCCOCOCC.CCCCOCOCC.CCCNCC.CCNC(=O)CC.O=C=O. The quantitative estimate of drug-likeness (QED) is 0.0550. The summed E-state index contributed by atoms with van der Waals surface area (Å²) in [6.45, 7) is 36.4. The molecule has 0 radical (unpaired) electrons. The summed E-state index contributed by atoms with van der Waals surface area (Å²) in [5, 5.41) is 14.9. The molecule has 0 aliphatic rings. The Morgan fingerprint density at radius 2 is 0.981 bits per heavy atom. The Kier molecular flexibility index (Phi) is 116. The van der Waals surface area contributed by atoms with Crippen LogP contribution in [0.5, 0.6) is 0 Å². The summed E-state index contributed by atoms with van der Waals surface area (Å²) in [7, 11) is 0.